The average molecular weight is 531 g/mol. The summed E-state index contributed by atoms with van der Waals surface area (Å²) in [5.41, 5.74) is 1.31. The van der Waals surface area contributed by atoms with Gasteiger partial charge >= 0.3 is 23.9 Å². The molecule has 10 heteroatoms. The number of hydrogen-bond acceptors (Lipinski definition) is 0. The third kappa shape index (κ3) is 2.90. The Morgan fingerprint density at radius 2 is 1.38 bits per heavy atom. The smallest absolute Gasteiger partial charge is 0.199 e. The Kier molecular flexibility index (Phi) is 5.06. The molecule has 2 aromatic carbocycles. The molecule has 174 valence electrons. The Balaban J connectivity index is 1.83. The van der Waals surface area contributed by atoms with Crippen LogP contribution in [0.25, 0.3) is 11.1 Å². The molecule has 2 aliphatic carbocycles. The zero-order valence-corrected chi connectivity index (χ0v) is 18.0. The summed E-state index contributed by atoms with van der Waals surface area (Å²) in [6.07, 6.45) is -7.61. The number of alkyl halides is 9. The molecule has 0 amide bonds. The van der Waals surface area contributed by atoms with Crippen molar-refractivity contribution in [1.82, 2.24) is 0 Å². The summed E-state index contributed by atoms with van der Waals surface area (Å²) in [4.78, 5) is 0. The van der Waals surface area contributed by atoms with Crippen LogP contribution in [0.5, 0.6) is 0 Å². The minimum Gasteiger partial charge on any atom is -0.199 e. The predicted molar refractivity (Wildman–Crippen MR) is 103 cm³/mol. The van der Waals surface area contributed by atoms with Crippen molar-refractivity contribution in [2.75, 3.05) is 0 Å². The minimum absolute atomic E-state index is 0.0958. The maximum absolute atomic E-state index is 14.9. The summed E-state index contributed by atoms with van der Waals surface area (Å²) < 4.78 is 124. The highest BCUT2D eigenvalue weighted by atomic mass is 79.9. The van der Waals surface area contributed by atoms with E-state index in [0.29, 0.717) is 26.7 Å². The van der Waals surface area contributed by atoms with Gasteiger partial charge in [0.2, 0.25) is 0 Å². The largest absolute Gasteiger partial charge is 0.460 e. The molecule has 3 unspecified atom stereocenters. The normalized spacial score (nSPS) is 25.8. The van der Waals surface area contributed by atoms with E-state index in [1.807, 2.05) is 0 Å². The first kappa shape index (κ1) is 23.4. The van der Waals surface area contributed by atoms with Gasteiger partial charge in [0.25, 0.3) is 0 Å². The van der Waals surface area contributed by atoms with Crippen LogP contribution in [-0.4, -0.2) is 23.9 Å². The average Bonchev–Trinajstić information content (AvgIpc) is 3.17. The molecule has 0 radical (unpaired) electrons. The SMILES string of the molecule is CC1CC2(CC1C(F)(F)C(F)(F)C(F)(F)C(F)(F)F)c1ccccc1-c1ccc(Br)cc12. The Labute approximate surface area is 185 Å². The lowest BCUT2D eigenvalue weighted by Crippen LogP contribution is -2.63. The number of hydrogen-bond donors (Lipinski definition) is 0. The summed E-state index contributed by atoms with van der Waals surface area (Å²) in [7, 11) is 0. The lowest BCUT2D eigenvalue weighted by molar-refractivity contribution is -0.404. The second-order valence-electron chi connectivity index (χ2n) is 8.58. The van der Waals surface area contributed by atoms with E-state index >= 15 is 0 Å². The van der Waals surface area contributed by atoms with Gasteiger partial charge in [0, 0.05) is 15.8 Å². The molecule has 32 heavy (non-hydrogen) atoms. The molecule has 0 bridgehead atoms. The molecule has 0 aromatic heterocycles. The molecule has 0 heterocycles. The van der Waals surface area contributed by atoms with Crippen LogP contribution in [0.1, 0.15) is 30.9 Å². The minimum atomic E-state index is -6.88. The molecule has 2 aromatic rings. The third-order valence-electron chi connectivity index (χ3n) is 6.79. The quantitative estimate of drug-likeness (QED) is 0.350. The van der Waals surface area contributed by atoms with Crippen molar-refractivity contribution in [3.63, 3.8) is 0 Å². The van der Waals surface area contributed by atoms with E-state index in [1.165, 1.54) is 6.92 Å². The maximum atomic E-state index is 14.9. The summed E-state index contributed by atoms with van der Waals surface area (Å²) >= 11 is 3.30. The zero-order chi connectivity index (χ0) is 23.9. The topological polar surface area (TPSA) is 0 Å². The van der Waals surface area contributed by atoms with Crippen molar-refractivity contribution in [1.29, 1.82) is 0 Å². The van der Waals surface area contributed by atoms with Gasteiger partial charge in [0.05, 0.1) is 0 Å². The van der Waals surface area contributed by atoms with Crippen molar-refractivity contribution in [2.24, 2.45) is 11.8 Å². The second-order valence-corrected chi connectivity index (χ2v) is 9.49. The predicted octanol–water partition coefficient (Wildman–Crippen LogP) is 8.23. The first-order valence-corrected chi connectivity index (χ1v) is 10.5. The fourth-order valence-electron chi connectivity index (χ4n) is 5.32. The Morgan fingerprint density at radius 1 is 0.781 bits per heavy atom. The van der Waals surface area contributed by atoms with Crippen LogP contribution in [0.15, 0.2) is 46.9 Å². The summed E-state index contributed by atoms with van der Waals surface area (Å²) in [5, 5.41) is 0. The lowest BCUT2D eigenvalue weighted by Gasteiger charge is -2.38. The fraction of sp³-hybridized carbons (Fsp3) is 0.455. The monoisotopic (exact) mass is 530 g/mol. The van der Waals surface area contributed by atoms with Crippen LogP contribution in [0, 0.1) is 11.8 Å². The molecule has 0 nitrogen and oxygen atoms in total. The van der Waals surface area contributed by atoms with Gasteiger partial charge in [-0.05, 0) is 53.1 Å². The van der Waals surface area contributed by atoms with E-state index in [-0.39, 0.29) is 6.42 Å². The van der Waals surface area contributed by atoms with Gasteiger partial charge in [0.15, 0.2) is 0 Å². The first-order chi connectivity index (χ1) is 14.6. The van der Waals surface area contributed by atoms with E-state index in [2.05, 4.69) is 15.9 Å². The van der Waals surface area contributed by atoms with E-state index in [4.69, 9.17) is 0 Å². The lowest BCUT2D eigenvalue weighted by atomic mass is 9.75. The number of benzene rings is 2. The number of halogens is 10. The second kappa shape index (κ2) is 6.90. The highest BCUT2D eigenvalue weighted by Crippen LogP contribution is 2.65. The molecule has 2 aliphatic rings. The Bertz CT molecular complexity index is 1060. The van der Waals surface area contributed by atoms with Crippen LogP contribution in [0.3, 0.4) is 0 Å². The van der Waals surface area contributed by atoms with Crippen LogP contribution in [0.4, 0.5) is 39.5 Å². The van der Waals surface area contributed by atoms with Crippen molar-refractivity contribution in [3.05, 3.63) is 58.1 Å². The van der Waals surface area contributed by atoms with E-state index in [9.17, 15) is 39.5 Å². The molecule has 3 atom stereocenters. The van der Waals surface area contributed by atoms with E-state index < -0.39 is 47.6 Å². The number of fused-ring (bicyclic) bond motifs is 5. The highest BCUT2D eigenvalue weighted by molar-refractivity contribution is 9.10. The van der Waals surface area contributed by atoms with Gasteiger partial charge in [-0.25, -0.2) is 0 Å². The first-order valence-electron chi connectivity index (χ1n) is 9.68. The standard InChI is InChI=1S/C22H16BrF9/c1-11-9-18(10-17(11)19(24,25)20(26,27)21(28,29)22(30,31)32)15-5-3-2-4-13(15)14-7-6-12(23)8-16(14)18/h2-8,11,17H,9-10H2,1H3. The van der Waals surface area contributed by atoms with Gasteiger partial charge in [-0.2, -0.15) is 39.5 Å². The Morgan fingerprint density at radius 3 is 2.00 bits per heavy atom. The zero-order valence-electron chi connectivity index (χ0n) is 16.4. The molecule has 1 saturated carbocycles. The van der Waals surface area contributed by atoms with Gasteiger partial charge in [-0.1, -0.05) is 53.2 Å². The van der Waals surface area contributed by atoms with E-state index in [1.54, 1.807) is 42.5 Å². The molecular formula is C22H16BrF9. The van der Waals surface area contributed by atoms with Crippen molar-refractivity contribution in [3.8, 4) is 11.1 Å². The van der Waals surface area contributed by atoms with Crippen molar-refractivity contribution >= 4 is 15.9 Å². The molecule has 4 rings (SSSR count). The Hall–Kier alpha value is -1.71. The molecule has 1 fully saturated rings. The summed E-state index contributed by atoms with van der Waals surface area (Å²) in [5.74, 6) is -22.7. The van der Waals surface area contributed by atoms with Crippen molar-refractivity contribution in [2.45, 2.75) is 49.1 Å². The van der Waals surface area contributed by atoms with Crippen LogP contribution in [0.2, 0.25) is 0 Å². The molecular weight excluding hydrogens is 515 g/mol. The van der Waals surface area contributed by atoms with Gasteiger partial charge in [-0.15, -0.1) is 0 Å². The number of rotatable bonds is 3. The maximum Gasteiger partial charge on any atom is 0.460 e. The van der Waals surface area contributed by atoms with Crippen LogP contribution in [-0.2, 0) is 5.41 Å². The molecule has 1 spiro atoms. The molecule has 0 saturated heterocycles. The third-order valence-corrected chi connectivity index (χ3v) is 7.28. The van der Waals surface area contributed by atoms with Gasteiger partial charge < -0.3 is 0 Å². The fourth-order valence-corrected chi connectivity index (χ4v) is 5.69. The summed E-state index contributed by atoms with van der Waals surface area (Å²) in [6, 6.07) is 11.9. The van der Waals surface area contributed by atoms with E-state index in [0.717, 1.165) is 0 Å². The molecule has 0 N–H and O–H groups in total. The van der Waals surface area contributed by atoms with Crippen LogP contribution >= 0.6 is 15.9 Å². The van der Waals surface area contributed by atoms with Crippen LogP contribution < -0.4 is 0 Å². The highest BCUT2D eigenvalue weighted by Gasteiger charge is 2.83. The van der Waals surface area contributed by atoms with Gasteiger partial charge in [-0.3, -0.25) is 0 Å². The summed E-state index contributed by atoms with van der Waals surface area (Å²) in [6.45, 7) is 1.19. The van der Waals surface area contributed by atoms with Crippen molar-refractivity contribution < 1.29 is 39.5 Å². The van der Waals surface area contributed by atoms with Gasteiger partial charge in [0.1, 0.15) is 0 Å². The molecule has 0 aliphatic heterocycles.